The van der Waals surface area contributed by atoms with E-state index in [0.717, 1.165) is 26.9 Å². The zero-order valence-electron chi connectivity index (χ0n) is 16.2. The van der Waals surface area contributed by atoms with Crippen molar-refractivity contribution < 1.29 is 19.0 Å². The van der Waals surface area contributed by atoms with E-state index in [0.29, 0.717) is 39.4 Å². The van der Waals surface area contributed by atoms with Crippen molar-refractivity contribution in [1.29, 1.82) is 0 Å². The molecule has 0 radical (unpaired) electrons. The van der Waals surface area contributed by atoms with Crippen LogP contribution in [0.1, 0.15) is 38.1 Å². The largest absolute Gasteiger partial charge is 0.379 e. The molecule has 2 N–H and O–H groups in total. The summed E-state index contributed by atoms with van der Waals surface area (Å²) in [7, 11) is 0. The minimum absolute atomic E-state index is 0.00684. The standard InChI is InChI=1S/C20H21N5O4S/c21-18-16(22-29-23-18)19(26)25-6-5-12(11-25)15-13-3-1-2-4-14(13)30-17(15)20(27)24-7-9-28-10-8-24/h1-4,12H,5-11H2,(H2,21,23)/t12-/m0/s1. The molecule has 10 heteroatoms. The van der Waals surface area contributed by atoms with Crippen molar-refractivity contribution in [3.8, 4) is 0 Å². The molecular formula is C20H21N5O4S. The molecule has 1 atom stereocenters. The van der Waals surface area contributed by atoms with Gasteiger partial charge >= 0.3 is 0 Å². The number of thiophene rings is 1. The van der Waals surface area contributed by atoms with Gasteiger partial charge in [0.2, 0.25) is 11.5 Å². The van der Waals surface area contributed by atoms with Crippen molar-refractivity contribution in [2.45, 2.75) is 12.3 Å². The van der Waals surface area contributed by atoms with Crippen LogP contribution in [0.3, 0.4) is 0 Å². The van der Waals surface area contributed by atoms with Crippen molar-refractivity contribution in [2.75, 3.05) is 45.1 Å². The zero-order chi connectivity index (χ0) is 20.7. The quantitative estimate of drug-likeness (QED) is 0.679. The number of ether oxygens (including phenoxy) is 1. The molecule has 2 amide bonds. The summed E-state index contributed by atoms with van der Waals surface area (Å²) in [5.74, 6) is -0.195. The summed E-state index contributed by atoms with van der Waals surface area (Å²) in [6, 6.07) is 8.07. The van der Waals surface area contributed by atoms with Crippen molar-refractivity contribution in [3.05, 3.63) is 40.4 Å². The van der Waals surface area contributed by atoms with Crippen LogP contribution in [-0.4, -0.2) is 71.3 Å². The van der Waals surface area contributed by atoms with Crippen molar-refractivity contribution in [2.24, 2.45) is 0 Å². The Morgan fingerprint density at radius 1 is 1.07 bits per heavy atom. The Hall–Kier alpha value is -2.98. The lowest BCUT2D eigenvalue weighted by Gasteiger charge is -2.27. The SMILES string of the molecule is Nc1nonc1C(=O)N1CC[C@H](c2c(C(=O)N3CCOCC3)sc3ccccc23)C1. The first-order valence-corrected chi connectivity index (χ1v) is 10.7. The Labute approximate surface area is 176 Å². The number of morpholine rings is 1. The van der Waals surface area contributed by atoms with E-state index in [1.54, 1.807) is 4.90 Å². The molecule has 0 saturated carbocycles. The van der Waals surface area contributed by atoms with Gasteiger partial charge in [0.1, 0.15) is 0 Å². The minimum Gasteiger partial charge on any atom is -0.379 e. The number of rotatable bonds is 3. The van der Waals surface area contributed by atoms with Gasteiger partial charge < -0.3 is 20.3 Å². The van der Waals surface area contributed by atoms with Gasteiger partial charge in [-0.3, -0.25) is 9.59 Å². The van der Waals surface area contributed by atoms with E-state index in [4.69, 9.17) is 10.5 Å². The molecule has 156 valence electrons. The summed E-state index contributed by atoms with van der Waals surface area (Å²) in [5, 5.41) is 8.21. The van der Waals surface area contributed by atoms with Crippen LogP contribution in [0, 0.1) is 0 Å². The van der Waals surface area contributed by atoms with Gasteiger partial charge in [0, 0.05) is 36.8 Å². The molecule has 0 bridgehead atoms. The Balaban J connectivity index is 1.47. The molecule has 3 aromatic rings. The number of carbonyl (C=O) groups excluding carboxylic acids is 2. The molecule has 30 heavy (non-hydrogen) atoms. The number of amides is 2. The lowest BCUT2D eigenvalue weighted by molar-refractivity contribution is 0.0305. The highest BCUT2D eigenvalue weighted by molar-refractivity contribution is 7.21. The van der Waals surface area contributed by atoms with Gasteiger partial charge in [-0.2, -0.15) is 0 Å². The van der Waals surface area contributed by atoms with Gasteiger partial charge in [0.15, 0.2) is 0 Å². The number of hydrogen-bond acceptors (Lipinski definition) is 8. The van der Waals surface area contributed by atoms with Gasteiger partial charge in [-0.05, 0) is 33.8 Å². The molecule has 0 aliphatic carbocycles. The summed E-state index contributed by atoms with van der Waals surface area (Å²) in [5.41, 5.74) is 6.76. The summed E-state index contributed by atoms with van der Waals surface area (Å²) >= 11 is 1.53. The second kappa shape index (κ2) is 7.69. The van der Waals surface area contributed by atoms with Crippen LogP contribution in [-0.2, 0) is 4.74 Å². The molecule has 1 aromatic carbocycles. The Morgan fingerprint density at radius 2 is 1.87 bits per heavy atom. The number of nitrogen functional groups attached to an aromatic ring is 1. The monoisotopic (exact) mass is 427 g/mol. The average molecular weight is 427 g/mol. The van der Waals surface area contributed by atoms with E-state index in [-0.39, 0.29) is 29.2 Å². The predicted octanol–water partition coefficient (Wildman–Crippen LogP) is 1.97. The number of benzene rings is 1. The van der Waals surface area contributed by atoms with E-state index in [1.807, 2.05) is 23.1 Å². The number of likely N-dealkylation sites (tertiary alicyclic amines) is 1. The predicted molar refractivity (Wildman–Crippen MR) is 111 cm³/mol. The number of hydrogen-bond donors (Lipinski definition) is 1. The number of aromatic nitrogens is 2. The molecule has 2 aliphatic rings. The van der Waals surface area contributed by atoms with Crippen molar-refractivity contribution >= 4 is 39.1 Å². The van der Waals surface area contributed by atoms with Crippen molar-refractivity contribution in [1.82, 2.24) is 20.1 Å². The van der Waals surface area contributed by atoms with E-state index in [1.165, 1.54) is 11.3 Å². The summed E-state index contributed by atoms with van der Waals surface area (Å²) in [6.07, 6.45) is 0.765. The molecule has 0 unspecified atom stereocenters. The first-order chi connectivity index (χ1) is 14.6. The van der Waals surface area contributed by atoms with Crippen LogP contribution >= 0.6 is 11.3 Å². The first-order valence-electron chi connectivity index (χ1n) is 9.89. The summed E-state index contributed by atoms with van der Waals surface area (Å²) < 4.78 is 11.0. The number of carbonyl (C=O) groups is 2. The summed E-state index contributed by atoms with van der Waals surface area (Å²) in [6.45, 7) is 3.37. The van der Waals surface area contributed by atoms with Crippen LogP contribution in [0.25, 0.3) is 10.1 Å². The van der Waals surface area contributed by atoms with E-state index >= 15 is 0 Å². The van der Waals surface area contributed by atoms with Crippen LogP contribution in [0.2, 0.25) is 0 Å². The second-order valence-electron chi connectivity index (χ2n) is 7.48. The van der Waals surface area contributed by atoms with Gasteiger partial charge in [0.05, 0.1) is 18.1 Å². The Bertz CT molecular complexity index is 1100. The fourth-order valence-corrected chi connectivity index (χ4v) is 5.47. The minimum atomic E-state index is -0.295. The second-order valence-corrected chi connectivity index (χ2v) is 8.53. The third kappa shape index (κ3) is 3.21. The molecule has 2 saturated heterocycles. The van der Waals surface area contributed by atoms with E-state index in [9.17, 15) is 9.59 Å². The molecule has 0 spiro atoms. The third-order valence-corrected chi connectivity index (χ3v) is 6.90. The fraction of sp³-hybridized carbons (Fsp3) is 0.400. The fourth-order valence-electron chi connectivity index (χ4n) is 4.21. The first kappa shape index (κ1) is 19.0. The topological polar surface area (TPSA) is 115 Å². The van der Waals surface area contributed by atoms with Gasteiger partial charge in [0.25, 0.3) is 11.8 Å². The van der Waals surface area contributed by atoms with Crippen LogP contribution in [0.5, 0.6) is 0 Å². The third-order valence-electron chi connectivity index (χ3n) is 5.73. The lowest BCUT2D eigenvalue weighted by atomic mass is 9.94. The maximum Gasteiger partial charge on any atom is 0.280 e. The van der Waals surface area contributed by atoms with Crippen LogP contribution < -0.4 is 5.73 Å². The normalized spacial score (nSPS) is 19.5. The highest BCUT2D eigenvalue weighted by atomic mass is 32.1. The molecule has 5 rings (SSSR count). The molecule has 2 aliphatic heterocycles. The van der Waals surface area contributed by atoms with Gasteiger partial charge in [-0.25, -0.2) is 4.63 Å². The highest BCUT2D eigenvalue weighted by Crippen LogP contribution is 2.41. The van der Waals surface area contributed by atoms with Crippen LogP contribution in [0.4, 0.5) is 5.82 Å². The van der Waals surface area contributed by atoms with Gasteiger partial charge in [-0.1, -0.05) is 18.2 Å². The van der Waals surface area contributed by atoms with Crippen LogP contribution in [0.15, 0.2) is 28.9 Å². The zero-order valence-corrected chi connectivity index (χ0v) is 17.1. The smallest absolute Gasteiger partial charge is 0.280 e. The maximum absolute atomic E-state index is 13.3. The molecular weight excluding hydrogens is 406 g/mol. The number of nitrogens with two attached hydrogens (primary N) is 1. The number of fused-ring (bicyclic) bond motifs is 1. The van der Waals surface area contributed by atoms with Gasteiger partial charge in [-0.15, -0.1) is 11.3 Å². The lowest BCUT2D eigenvalue weighted by Crippen LogP contribution is -2.40. The number of nitrogens with zero attached hydrogens (tertiary/aromatic N) is 4. The molecule has 2 aromatic heterocycles. The number of anilines is 1. The molecule has 2 fully saturated rings. The van der Waals surface area contributed by atoms with E-state index in [2.05, 4.69) is 21.0 Å². The maximum atomic E-state index is 13.3. The molecule has 4 heterocycles. The highest BCUT2D eigenvalue weighted by Gasteiger charge is 2.35. The molecule has 9 nitrogen and oxygen atoms in total. The Morgan fingerprint density at radius 3 is 2.63 bits per heavy atom. The Kier molecular flexibility index (Phi) is 4.87. The average Bonchev–Trinajstić information content (AvgIpc) is 3.51. The van der Waals surface area contributed by atoms with Crippen molar-refractivity contribution in [3.63, 3.8) is 0 Å². The summed E-state index contributed by atoms with van der Waals surface area (Å²) in [4.78, 5) is 30.4. The van der Waals surface area contributed by atoms with E-state index < -0.39 is 0 Å².